The van der Waals surface area contributed by atoms with Crippen molar-refractivity contribution in [2.24, 2.45) is 0 Å². The van der Waals surface area contributed by atoms with Crippen LogP contribution in [0, 0.1) is 17.1 Å². The normalized spacial score (nSPS) is 10.3. The molecule has 0 aliphatic rings. The van der Waals surface area contributed by atoms with Crippen molar-refractivity contribution in [1.29, 1.82) is 5.26 Å². The first-order chi connectivity index (χ1) is 10.1. The van der Waals surface area contributed by atoms with Gasteiger partial charge in [-0.05, 0) is 35.9 Å². The van der Waals surface area contributed by atoms with Crippen LogP contribution in [-0.4, -0.2) is 5.91 Å². The minimum absolute atomic E-state index is 0.143. The molecule has 3 N–H and O–H groups in total. The fourth-order valence-corrected chi connectivity index (χ4v) is 1.70. The molecule has 104 valence electrons. The van der Waals surface area contributed by atoms with Crippen molar-refractivity contribution in [3.63, 3.8) is 0 Å². The lowest BCUT2D eigenvalue weighted by molar-refractivity contribution is -0.111. The van der Waals surface area contributed by atoms with Gasteiger partial charge in [0, 0.05) is 11.8 Å². The van der Waals surface area contributed by atoms with E-state index in [1.807, 2.05) is 0 Å². The van der Waals surface area contributed by atoms with Crippen molar-refractivity contribution in [1.82, 2.24) is 0 Å². The standard InChI is InChI=1S/C16H12FN3O/c17-14-2-1-3-15(13(14)10-18)20-16(21)9-6-11-4-7-12(19)8-5-11/h1-9H,19H2,(H,20,21)/b9-6+. The monoisotopic (exact) mass is 281 g/mol. The van der Waals surface area contributed by atoms with E-state index in [9.17, 15) is 9.18 Å². The molecule has 0 fully saturated rings. The van der Waals surface area contributed by atoms with Crippen molar-refractivity contribution in [2.45, 2.75) is 0 Å². The summed E-state index contributed by atoms with van der Waals surface area (Å²) in [6.07, 6.45) is 2.90. The highest BCUT2D eigenvalue weighted by Crippen LogP contribution is 2.17. The van der Waals surface area contributed by atoms with Crippen LogP contribution < -0.4 is 11.1 Å². The first-order valence-corrected chi connectivity index (χ1v) is 6.13. The minimum atomic E-state index is -0.669. The highest BCUT2D eigenvalue weighted by atomic mass is 19.1. The molecule has 4 nitrogen and oxygen atoms in total. The molecule has 1 amide bonds. The second kappa shape index (κ2) is 6.35. The Kier molecular flexibility index (Phi) is 4.32. The van der Waals surface area contributed by atoms with E-state index >= 15 is 0 Å². The van der Waals surface area contributed by atoms with Gasteiger partial charge in [0.15, 0.2) is 0 Å². The van der Waals surface area contributed by atoms with Crippen molar-refractivity contribution in [3.05, 3.63) is 65.5 Å². The highest BCUT2D eigenvalue weighted by Gasteiger charge is 2.08. The van der Waals surface area contributed by atoms with Gasteiger partial charge in [0.2, 0.25) is 5.91 Å². The lowest BCUT2D eigenvalue weighted by Crippen LogP contribution is -2.09. The molecule has 2 aromatic carbocycles. The lowest BCUT2D eigenvalue weighted by atomic mass is 10.1. The predicted molar refractivity (Wildman–Crippen MR) is 79.6 cm³/mol. The summed E-state index contributed by atoms with van der Waals surface area (Å²) < 4.78 is 13.4. The number of nitrogens with two attached hydrogens (primary N) is 1. The van der Waals surface area contributed by atoms with Crippen molar-refractivity contribution >= 4 is 23.4 Å². The summed E-state index contributed by atoms with van der Waals surface area (Å²) in [6.45, 7) is 0. The summed E-state index contributed by atoms with van der Waals surface area (Å²) in [7, 11) is 0. The zero-order valence-electron chi connectivity index (χ0n) is 11.0. The molecular formula is C16H12FN3O. The first-order valence-electron chi connectivity index (χ1n) is 6.13. The van der Waals surface area contributed by atoms with E-state index in [2.05, 4.69) is 5.32 Å². The second-order valence-corrected chi connectivity index (χ2v) is 4.26. The third kappa shape index (κ3) is 3.67. The van der Waals surface area contributed by atoms with E-state index in [0.29, 0.717) is 5.69 Å². The largest absolute Gasteiger partial charge is 0.399 e. The van der Waals surface area contributed by atoms with Crippen LogP contribution in [-0.2, 0) is 4.79 Å². The molecule has 0 unspecified atom stereocenters. The lowest BCUT2D eigenvalue weighted by Gasteiger charge is -2.04. The van der Waals surface area contributed by atoms with Gasteiger partial charge in [0.25, 0.3) is 0 Å². The molecule has 0 aliphatic heterocycles. The van der Waals surface area contributed by atoms with Crippen LogP contribution in [0.25, 0.3) is 6.08 Å². The molecule has 0 spiro atoms. The molecule has 0 saturated heterocycles. The Bertz CT molecular complexity index is 730. The third-order valence-corrected chi connectivity index (χ3v) is 2.75. The molecule has 0 atom stereocenters. The van der Waals surface area contributed by atoms with E-state index < -0.39 is 11.7 Å². The van der Waals surface area contributed by atoms with Crippen molar-refractivity contribution in [2.75, 3.05) is 11.1 Å². The zero-order chi connectivity index (χ0) is 15.2. The molecular weight excluding hydrogens is 269 g/mol. The topological polar surface area (TPSA) is 78.9 Å². The van der Waals surface area contributed by atoms with Gasteiger partial charge >= 0.3 is 0 Å². The Balaban J connectivity index is 2.11. The summed E-state index contributed by atoms with van der Waals surface area (Å²) in [5.74, 6) is -1.12. The highest BCUT2D eigenvalue weighted by molar-refractivity contribution is 6.02. The number of benzene rings is 2. The molecule has 21 heavy (non-hydrogen) atoms. The summed E-state index contributed by atoms with van der Waals surface area (Å²) in [6, 6.07) is 12.8. The number of amides is 1. The number of carbonyl (C=O) groups is 1. The Hall–Kier alpha value is -3.13. The fraction of sp³-hybridized carbons (Fsp3) is 0. The maximum atomic E-state index is 13.4. The molecule has 2 aromatic rings. The quantitative estimate of drug-likeness (QED) is 0.670. The second-order valence-electron chi connectivity index (χ2n) is 4.26. The molecule has 0 saturated carbocycles. The Morgan fingerprint density at radius 2 is 1.95 bits per heavy atom. The number of hydrogen-bond acceptors (Lipinski definition) is 3. The summed E-state index contributed by atoms with van der Waals surface area (Å²) in [5, 5.41) is 11.3. The van der Waals surface area contributed by atoms with Crippen LogP contribution in [0.15, 0.2) is 48.5 Å². The van der Waals surface area contributed by atoms with Crippen LogP contribution in [0.4, 0.5) is 15.8 Å². The molecule has 0 heterocycles. The first kappa shape index (κ1) is 14.3. The number of hydrogen-bond donors (Lipinski definition) is 2. The predicted octanol–water partition coefficient (Wildman–Crippen LogP) is 2.93. The molecule has 0 radical (unpaired) electrons. The van der Waals surface area contributed by atoms with Crippen LogP contribution in [0.5, 0.6) is 0 Å². The number of rotatable bonds is 3. The van der Waals surface area contributed by atoms with Crippen LogP contribution in [0.2, 0.25) is 0 Å². The Morgan fingerprint density at radius 3 is 2.62 bits per heavy atom. The fourth-order valence-electron chi connectivity index (χ4n) is 1.70. The van der Waals surface area contributed by atoms with Gasteiger partial charge in [-0.1, -0.05) is 18.2 Å². The van der Waals surface area contributed by atoms with Crippen LogP contribution >= 0.6 is 0 Å². The Labute approximate surface area is 121 Å². The van der Waals surface area contributed by atoms with Crippen LogP contribution in [0.3, 0.4) is 0 Å². The maximum Gasteiger partial charge on any atom is 0.248 e. The summed E-state index contributed by atoms with van der Waals surface area (Å²) in [4.78, 5) is 11.8. The number of nitrogen functional groups attached to an aromatic ring is 1. The Morgan fingerprint density at radius 1 is 1.24 bits per heavy atom. The molecule has 0 aliphatic carbocycles. The zero-order valence-corrected chi connectivity index (χ0v) is 11.0. The number of nitriles is 1. The van der Waals surface area contributed by atoms with Crippen LogP contribution in [0.1, 0.15) is 11.1 Å². The van der Waals surface area contributed by atoms with Crippen molar-refractivity contribution in [3.8, 4) is 6.07 Å². The number of nitrogens with one attached hydrogen (secondary N) is 1. The van der Waals surface area contributed by atoms with Gasteiger partial charge in [0.05, 0.1) is 5.69 Å². The van der Waals surface area contributed by atoms with Gasteiger partial charge in [-0.25, -0.2) is 4.39 Å². The molecule has 5 heteroatoms. The van der Waals surface area contributed by atoms with Gasteiger partial charge in [-0.3, -0.25) is 4.79 Å². The third-order valence-electron chi connectivity index (χ3n) is 2.75. The van der Waals surface area contributed by atoms with E-state index in [0.717, 1.165) is 5.56 Å². The summed E-state index contributed by atoms with van der Waals surface area (Å²) >= 11 is 0. The summed E-state index contributed by atoms with van der Waals surface area (Å²) in [5.41, 5.74) is 6.96. The van der Waals surface area contributed by atoms with E-state index in [1.165, 1.54) is 24.3 Å². The molecule has 2 rings (SSSR count). The van der Waals surface area contributed by atoms with E-state index in [4.69, 9.17) is 11.0 Å². The van der Waals surface area contributed by atoms with E-state index in [-0.39, 0.29) is 11.3 Å². The average Bonchev–Trinajstić information content (AvgIpc) is 2.47. The van der Waals surface area contributed by atoms with Gasteiger partial charge in [-0.15, -0.1) is 0 Å². The number of carbonyl (C=O) groups excluding carboxylic acids is 1. The number of nitrogens with zero attached hydrogens (tertiary/aromatic N) is 1. The van der Waals surface area contributed by atoms with E-state index in [1.54, 1.807) is 36.4 Å². The molecule has 0 aromatic heterocycles. The average molecular weight is 281 g/mol. The number of halogens is 1. The number of anilines is 2. The van der Waals surface area contributed by atoms with Gasteiger partial charge < -0.3 is 11.1 Å². The smallest absolute Gasteiger partial charge is 0.248 e. The minimum Gasteiger partial charge on any atom is -0.399 e. The SMILES string of the molecule is N#Cc1c(F)cccc1NC(=O)/C=C/c1ccc(N)cc1. The van der Waals surface area contributed by atoms with Crippen molar-refractivity contribution < 1.29 is 9.18 Å². The maximum absolute atomic E-state index is 13.4. The van der Waals surface area contributed by atoms with Gasteiger partial charge in [0.1, 0.15) is 17.4 Å². The molecule has 0 bridgehead atoms. The van der Waals surface area contributed by atoms with Gasteiger partial charge in [-0.2, -0.15) is 5.26 Å².